The molecule has 6 heterocycles. The zero-order chi connectivity index (χ0) is 93.9. The first-order chi connectivity index (χ1) is 64.5. The summed E-state index contributed by atoms with van der Waals surface area (Å²) in [6, 6.07) is 49.3. The number of ether oxygens (including phenoxy) is 11. The maximum atomic E-state index is 13.5. The lowest BCUT2D eigenvalue weighted by atomic mass is 9.74. The van der Waals surface area contributed by atoms with Crippen molar-refractivity contribution >= 4 is 94.1 Å². The number of benzene rings is 7. The van der Waals surface area contributed by atoms with Crippen LogP contribution in [-0.4, -0.2) is 152 Å². The molecule has 7 aromatic carbocycles. The molecule has 28 heteroatoms. The summed E-state index contributed by atoms with van der Waals surface area (Å²) in [7, 11) is 0. The van der Waals surface area contributed by atoms with Crippen LogP contribution in [0, 0.1) is 35.0 Å². The van der Waals surface area contributed by atoms with Crippen LogP contribution in [0.15, 0.2) is 158 Å². The molecule has 133 heavy (non-hydrogen) atoms. The quantitative estimate of drug-likeness (QED) is 0.0206. The van der Waals surface area contributed by atoms with Gasteiger partial charge in [0.05, 0.1) is 81.8 Å². The van der Waals surface area contributed by atoms with E-state index < -0.39 is 23.1 Å². The van der Waals surface area contributed by atoms with Crippen molar-refractivity contribution in [3.8, 4) is 23.3 Å². The lowest BCUT2D eigenvalue weighted by molar-refractivity contribution is -0.286. The van der Waals surface area contributed by atoms with Crippen LogP contribution in [0.2, 0.25) is 0 Å². The van der Waals surface area contributed by atoms with Crippen LogP contribution in [0.3, 0.4) is 0 Å². The van der Waals surface area contributed by atoms with Gasteiger partial charge in [-0.15, -0.1) is 8.78 Å². The van der Waals surface area contributed by atoms with E-state index in [-0.39, 0.29) is 17.6 Å². The van der Waals surface area contributed by atoms with Crippen LogP contribution >= 0.6 is 0 Å². The van der Waals surface area contributed by atoms with Gasteiger partial charge in [-0.25, -0.2) is 9.97 Å². The highest BCUT2D eigenvalue weighted by molar-refractivity contribution is 5.81. The molecule has 8 aromatic rings. The van der Waals surface area contributed by atoms with Crippen LogP contribution in [0.1, 0.15) is 219 Å². The van der Waals surface area contributed by atoms with Crippen molar-refractivity contribution in [3.63, 3.8) is 0 Å². The zero-order valence-corrected chi connectivity index (χ0v) is 78.9. The molecule has 1 unspecified atom stereocenters. The third-order valence-electron chi connectivity index (χ3n) is 26.1. The number of aromatic nitrogens is 2. The van der Waals surface area contributed by atoms with Crippen molar-refractivity contribution in [2.75, 3.05) is 127 Å². The average Bonchev–Trinajstić information content (AvgIpc) is 1.06. The number of nitrogens with zero attached hydrogens (tertiary/aromatic N) is 7. The zero-order valence-electron chi connectivity index (χ0n) is 78.9. The Balaban J connectivity index is 0.000000151. The van der Waals surface area contributed by atoms with E-state index in [1.165, 1.54) is 24.1 Å². The Morgan fingerprint density at radius 2 is 0.774 bits per heavy atom. The van der Waals surface area contributed by atoms with E-state index in [9.17, 15) is 28.0 Å². The monoisotopic (exact) mass is 1830 g/mol. The number of carbonyl (C=O) groups is 4. The van der Waals surface area contributed by atoms with Crippen LogP contribution in [0.25, 0.3) is 0 Å². The molecule has 26 nitrogen and oxygen atoms in total. The summed E-state index contributed by atoms with van der Waals surface area (Å²) in [6.45, 7) is 34.6. The van der Waals surface area contributed by atoms with Crippen LogP contribution in [0.5, 0.6) is 17.2 Å². The topological polar surface area (TPSA) is 280 Å². The highest BCUT2D eigenvalue weighted by Gasteiger charge is 2.46. The number of hydrogen-bond acceptors (Lipinski definition) is 26. The second-order valence-corrected chi connectivity index (χ2v) is 37.4. The molecule has 714 valence electrons. The van der Waals surface area contributed by atoms with E-state index in [0.29, 0.717) is 111 Å². The fourth-order valence-electron chi connectivity index (χ4n) is 19.1. The van der Waals surface area contributed by atoms with Gasteiger partial charge in [0, 0.05) is 126 Å². The predicted octanol–water partition coefficient (Wildman–Crippen LogP) is 21.9. The molecule has 0 radical (unpaired) electrons. The van der Waals surface area contributed by atoms with Gasteiger partial charge < -0.3 is 93.0 Å². The minimum atomic E-state index is -3.68. The van der Waals surface area contributed by atoms with E-state index >= 15 is 0 Å². The molecule has 1 atom stereocenters. The summed E-state index contributed by atoms with van der Waals surface area (Å²) in [5, 5.41) is 23.3. The number of halogens is 2. The van der Waals surface area contributed by atoms with E-state index in [1.807, 2.05) is 80.6 Å². The van der Waals surface area contributed by atoms with Crippen molar-refractivity contribution in [2.24, 2.45) is 23.7 Å². The molecule has 1 aromatic heterocycles. The van der Waals surface area contributed by atoms with E-state index in [4.69, 9.17) is 47.9 Å². The number of carbonyl (C=O) groups excluding carboxylic acids is 4. The molecule has 5 aliphatic heterocycles. The molecule has 4 N–H and O–H groups in total. The highest BCUT2D eigenvalue weighted by atomic mass is 19.3. The van der Waals surface area contributed by atoms with Gasteiger partial charge in [0.25, 0.3) is 25.9 Å². The van der Waals surface area contributed by atoms with Crippen molar-refractivity contribution in [3.05, 3.63) is 186 Å². The summed E-state index contributed by atoms with van der Waals surface area (Å²) in [4.78, 5) is 63.0. The molecular formula is C105H135F2N11O15. The Bertz CT molecular complexity index is 5070. The first kappa shape index (κ1) is 99.0. The Labute approximate surface area is 783 Å². The van der Waals surface area contributed by atoms with Gasteiger partial charge in [0.1, 0.15) is 35.0 Å². The molecule has 3 saturated carbocycles. The van der Waals surface area contributed by atoms with Gasteiger partial charge in [-0.1, -0.05) is 86.6 Å². The van der Waals surface area contributed by atoms with Crippen molar-refractivity contribution in [1.82, 2.24) is 9.97 Å². The molecule has 0 amide bonds. The van der Waals surface area contributed by atoms with Gasteiger partial charge in [-0.05, 0) is 278 Å². The predicted molar refractivity (Wildman–Crippen MR) is 515 cm³/mol. The average molecular weight is 1830 g/mol. The SMILES string of the molecule is CC(C)CN(c1ccc(C2(OC=O)CCC2)cc1Nc1ccc(C#N)cc1)C1CCOCC1.CC(C)CN(c1ccc(C2(OC=O)CCC2)cc1Nc1cncnc1)C1CCOCC1.CCC(OC=O)c1ccc(N(CC(C)C)C2CCOCC2)c(Nc2ccc3c(c2)OC(F)(F)O3)c1.CCOc1ccc(Nc2cc(C3(OC=O)CCC3)ccc2N(CC(C)C)C2CCOCC2)cc1. The van der Waals surface area contributed by atoms with E-state index in [2.05, 4.69) is 176 Å². The molecule has 0 bridgehead atoms. The fraction of sp³-hybridized carbons (Fsp3) is 0.514. The number of fused-ring (bicyclic) bond motifs is 1. The number of nitriles is 1. The van der Waals surface area contributed by atoms with Gasteiger partial charge >= 0.3 is 6.29 Å². The molecule has 16 rings (SSSR count). The van der Waals surface area contributed by atoms with Gasteiger partial charge in [-0.2, -0.15) is 5.26 Å². The number of rotatable bonds is 39. The third-order valence-corrected chi connectivity index (χ3v) is 26.1. The smallest absolute Gasteiger partial charge is 0.494 e. The maximum Gasteiger partial charge on any atom is 0.586 e. The molecule has 3 aliphatic carbocycles. The number of anilines is 12. The largest absolute Gasteiger partial charge is 0.586 e. The summed E-state index contributed by atoms with van der Waals surface area (Å²) < 4.78 is 86.4. The molecule has 7 fully saturated rings. The molecule has 8 aliphatic rings. The first-order valence-corrected chi connectivity index (χ1v) is 47.8. The second-order valence-electron chi connectivity index (χ2n) is 37.4. The Kier molecular flexibility index (Phi) is 35.3. The second kappa shape index (κ2) is 47.4. The lowest BCUT2D eigenvalue weighted by Crippen LogP contribution is -2.42. The van der Waals surface area contributed by atoms with Crippen LogP contribution < -0.4 is 55.1 Å². The summed E-state index contributed by atoms with van der Waals surface area (Å²) >= 11 is 0. The number of nitrogens with one attached hydrogen (secondary N) is 4. The minimum absolute atomic E-state index is 0.0106. The Morgan fingerprint density at radius 3 is 1.11 bits per heavy atom. The Morgan fingerprint density at radius 1 is 0.429 bits per heavy atom. The molecule has 4 saturated heterocycles. The van der Waals surface area contributed by atoms with Crippen molar-refractivity contribution in [1.29, 1.82) is 5.26 Å². The number of hydrogen-bond donors (Lipinski definition) is 4. The normalized spacial score (nSPS) is 17.8. The summed E-state index contributed by atoms with van der Waals surface area (Å²) in [6.07, 6.45) is 17.8. The minimum Gasteiger partial charge on any atom is -0.494 e. The van der Waals surface area contributed by atoms with Crippen LogP contribution in [0.4, 0.5) is 77.0 Å². The van der Waals surface area contributed by atoms with Gasteiger partial charge in [0.15, 0.2) is 11.5 Å². The fourth-order valence-corrected chi connectivity index (χ4v) is 19.1. The lowest BCUT2D eigenvalue weighted by Gasteiger charge is -2.42. The first-order valence-electron chi connectivity index (χ1n) is 47.8. The van der Waals surface area contributed by atoms with E-state index in [1.54, 1.807) is 18.5 Å². The number of alkyl halides is 2. The molecule has 0 spiro atoms. The van der Waals surface area contributed by atoms with Crippen molar-refractivity contribution < 1.29 is 80.1 Å². The summed E-state index contributed by atoms with van der Waals surface area (Å²) in [5.41, 5.74) is 14.6. The third kappa shape index (κ3) is 25.9. The van der Waals surface area contributed by atoms with Crippen molar-refractivity contribution in [2.45, 2.75) is 238 Å². The van der Waals surface area contributed by atoms with Gasteiger partial charge in [0.2, 0.25) is 0 Å². The van der Waals surface area contributed by atoms with Gasteiger partial charge in [-0.3, -0.25) is 19.2 Å². The van der Waals surface area contributed by atoms with E-state index in [0.717, 1.165) is 260 Å². The summed E-state index contributed by atoms with van der Waals surface area (Å²) in [5.74, 6) is 2.79. The molecular weight excluding hydrogens is 1690 g/mol. The van der Waals surface area contributed by atoms with Crippen LogP contribution in [-0.2, 0) is 73.9 Å². The maximum absolute atomic E-state index is 13.5. The Hall–Kier alpha value is -11.5. The highest BCUT2D eigenvalue weighted by Crippen LogP contribution is 2.52. The standard InChI is InChI=1S/C28H38N2O4.C27H33N3O3.C26H32F2N2O5.C24H32N4O3/c1-4-33-25-9-7-23(8-10-25)29-26-18-22(28(34-20-31)14-5-15-28)6-11-27(26)30(19-21(2)3)24-12-16-32-17-13-24;1-20(2)18-30(24-10-14-32-15-11-24)26-9-6-22(27(33-19-31)12-3-13-27)16-25(26)29-23-7-4-21(17-28)5-8-23;1-4-23(33-16-31)18-5-7-22(30(15-17(2)3)20-9-11-32-12-10-20)21(13-18)29-19-6-8-24-25(14-19)35-26(27,28)34-24;1-18(2)15-28(21-6-10-30-11-7-21)23-5-4-19(24(31-17-29)8-3-9-24)12-22(23)27-20-13-25-16-26-14-20/h6-11,18,20-21,24,29H,4-5,12-17,19H2,1-3H3;4-9,16,19-20,24,29H,3,10-15,18H2,1-2H3;5-8,13-14,16-17,20,23,29H,4,9-12,15H2,1-3H3;4-5,12-14,16-18,21,27H,3,6-11,15H2,1-2H3.